The van der Waals surface area contributed by atoms with E-state index in [0.717, 1.165) is 62.9 Å². The predicted octanol–water partition coefficient (Wildman–Crippen LogP) is 7.47. The first-order chi connectivity index (χ1) is 28.8. The lowest BCUT2D eigenvalue weighted by molar-refractivity contribution is 0.123. The maximum Gasteiger partial charge on any atom is 0.500 e. The van der Waals surface area contributed by atoms with E-state index in [9.17, 15) is 0 Å². The Kier molecular flexibility index (Phi) is 21.2. The molecule has 1 aromatic heterocycles. The van der Waals surface area contributed by atoms with Crippen LogP contribution in [0.1, 0.15) is 32.6 Å². The van der Waals surface area contributed by atoms with Gasteiger partial charge in [0.2, 0.25) is 11.9 Å². The van der Waals surface area contributed by atoms with E-state index in [1.807, 2.05) is 6.92 Å². The minimum atomic E-state index is -2.54. The molecule has 0 amide bonds. The van der Waals surface area contributed by atoms with Gasteiger partial charge in [-0.15, -0.1) is 0 Å². The van der Waals surface area contributed by atoms with Crippen LogP contribution in [0.2, 0.25) is 88.6 Å². The van der Waals surface area contributed by atoms with Crippen molar-refractivity contribution in [3.05, 3.63) is 48.5 Å². The molecule has 12 nitrogen and oxygen atoms in total. The fourth-order valence-corrected chi connectivity index (χ4v) is 21.9. The minimum absolute atomic E-state index is 0.347. The molecule has 0 unspecified atom stereocenters. The number of hydrogen-bond donors (Lipinski definition) is 2. The Morgan fingerprint density at radius 3 is 0.951 bits per heavy atom. The first kappa shape index (κ1) is 53.3. The van der Waals surface area contributed by atoms with Crippen LogP contribution < -0.4 is 36.1 Å². The van der Waals surface area contributed by atoms with E-state index < -0.39 is 49.9 Å². The zero-order chi connectivity index (χ0) is 45.4. The molecule has 0 atom stereocenters. The third kappa shape index (κ3) is 15.8. The van der Waals surface area contributed by atoms with Gasteiger partial charge in [0.05, 0.1) is 38.9 Å². The molecule has 1 heterocycles. The molecule has 0 fully saturated rings. The summed E-state index contributed by atoms with van der Waals surface area (Å²) in [4.78, 5) is 13.9. The molecular weight excluding hydrogens is 867 g/mol. The molecule has 0 bridgehead atoms. The quantitative estimate of drug-likeness (QED) is 0.0509. The van der Waals surface area contributed by atoms with Crippen LogP contribution in [0.25, 0.3) is 0 Å². The highest BCUT2D eigenvalue weighted by Gasteiger charge is 2.39. The minimum Gasteiger partial charge on any atom is -0.464 e. The van der Waals surface area contributed by atoms with Gasteiger partial charge in [0, 0.05) is 67.8 Å². The largest absolute Gasteiger partial charge is 0.500 e. The van der Waals surface area contributed by atoms with Crippen molar-refractivity contribution in [2.75, 3.05) is 73.0 Å². The van der Waals surface area contributed by atoms with Crippen molar-refractivity contribution in [2.24, 2.45) is 0 Å². The Morgan fingerprint density at radius 1 is 0.410 bits per heavy atom. The number of nitrogens with one attached hydrogen (secondary N) is 2. The van der Waals surface area contributed by atoms with Gasteiger partial charge in [-0.05, 0) is 19.8 Å². The van der Waals surface area contributed by atoms with E-state index in [4.69, 9.17) is 36.3 Å². The van der Waals surface area contributed by atoms with Gasteiger partial charge in [-0.2, -0.15) is 15.0 Å². The lowest BCUT2D eigenvalue weighted by Gasteiger charge is -2.28. The molecule has 3 aromatic rings. The Hall–Kier alpha value is -2.09. The van der Waals surface area contributed by atoms with E-state index in [1.165, 1.54) is 32.8 Å². The predicted molar refractivity (Wildman–Crippen MR) is 270 cm³/mol. The number of rotatable bonds is 30. The number of benzene rings is 2. The van der Waals surface area contributed by atoms with Gasteiger partial charge >= 0.3 is 23.6 Å². The summed E-state index contributed by atoms with van der Waals surface area (Å²) < 4.78 is 39.6. The number of nitrogens with zero attached hydrogens (tertiary/aromatic N) is 3. The van der Waals surface area contributed by atoms with E-state index in [2.05, 4.69) is 122 Å². The van der Waals surface area contributed by atoms with Crippen molar-refractivity contribution in [1.29, 1.82) is 0 Å². The van der Waals surface area contributed by atoms with Gasteiger partial charge in [-0.3, -0.25) is 0 Å². The molecule has 0 radical (unpaired) electrons. The van der Waals surface area contributed by atoms with Crippen LogP contribution in [0.4, 0.5) is 11.9 Å². The van der Waals surface area contributed by atoms with Gasteiger partial charge in [0.15, 0.2) is 0 Å². The van der Waals surface area contributed by atoms with Crippen molar-refractivity contribution in [3.63, 3.8) is 0 Å². The lowest BCUT2D eigenvalue weighted by atomic mass is 10.4. The molecule has 2 N–H and O–H groups in total. The normalized spacial score (nSPS) is 13.1. The molecule has 0 spiro atoms. The number of hydrogen-bond acceptors (Lipinski definition) is 12. The maximum absolute atomic E-state index is 5.74. The van der Waals surface area contributed by atoms with Crippen molar-refractivity contribution in [3.8, 4) is 6.01 Å². The third-order valence-electron chi connectivity index (χ3n) is 12.7. The summed E-state index contributed by atoms with van der Waals surface area (Å²) in [5.74, 6) is 1.11. The van der Waals surface area contributed by atoms with Crippen LogP contribution in [0.15, 0.2) is 48.5 Å². The van der Waals surface area contributed by atoms with E-state index >= 15 is 0 Å². The summed E-state index contributed by atoms with van der Waals surface area (Å²) in [6.45, 7) is 23.7. The highest BCUT2D eigenvalue weighted by Crippen LogP contribution is 2.24. The van der Waals surface area contributed by atoms with Crippen molar-refractivity contribution < 1.29 is 31.3 Å². The van der Waals surface area contributed by atoms with Crippen LogP contribution in [-0.2, 0) is 26.6 Å². The summed E-state index contributed by atoms with van der Waals surface area (Å²) in [7, 11) is -1.43. The van der Waals surface area contributed by atoms with Crippen LogP contribution >= 0.6 is 0 Å². The standard InChI is InChI=1S/C43H81N5O7Si6/c1-16-55-43-47-41(44-29-17-31-56(8,9)37-21-25-39(26-22-37)58(12,13)33-19-35-60(49-2,50-3)51-4)46-42(48-43)45-30-18-32-57(10,11)38-23-27-40(28-24-38)59(14,15)34-20-36-61(52-5,53-6)54-7/h21-28H,16-20,29-36H2,1-15H3,(H2,44,45,46,47,48). The Morgan fingerprint density at radius 2 is 0.689 bits per heavy atom. The summed E-state index contributed by atoms with van der Waals surface area (Å²) in [5, 5.41) is 12.9. The smallest absolute Gasteiger partial charge is 0.464 e. The first-order valence-corrected chi connectivity index (χ1v) is 38.9. The molecule has 344 valence electrons. The second-order valence-corrected chi connectivity index (χ2v) is 44.3. The SMILES string of the molecule is CCOc1nc(NCCC[Si](C)(C)c2ccc([Si](C)(C)CCC[Si](OC)(OC)OC)cc2)nc(NCCC[Si](C)(C)c2ccc([Si](C)(C)CCC[Si](OC)(OC)OC)cc2)n1. The number of ether oxygens (including phenoxy) is 1. The fraction of sp³-hybridized carbons (Fsp3) is 0.651. The van der Waals surface area contributed by atoms with E-state index in [-0.39, 0.29) is 0 Å². The second-order valence-electron chi connectivity index (χ2n) is 18.7. The Balaban J connectivity index is 1.50. The lowest BCUT2D eigenvalue weighted by Crippen LogP contribution is -2.46. The Bertz CT molecular complexity index is 1600. The molecule has 0 saturated heterocycles. The van der Waals surface area contributed by atoms with Crippen molar-refractivity contribution in [2.45, 2.75) is 121 Å². The molecule has 0 aliphatic heterocycles. The molecule has 3 rings (SSSR count). The summed E-state index contributed by atoms with van der Waals surface area (Å²) >= 11 is 0. The first-order valence-electron chi connectivity index (χ1n) is 22.2. The third-order valence-corrected chi connectivity index (χ3v) is 32.4. The maximum atomic E-state index is 5.74. The average Bonchev–Trinajstić information content (AvgIpc) is 3.25. The molecule has 18 heteroatoms. The van der Waals surface area contributed by atoms with E-state index in [1.54, 1.807) is 42.7 Å². The molecule has 0 aliphatic rings. The monoisotopic (exact) mass is 947 g/mol. The molecule has 61 heavy (non-hydrogen) atoms. The van der Waals surface area contributed by atoms with Crippen LogP contribution in [-0.4, -0.2) is 127 Å². The van der Waals surface area contributed by atoms with Gasteiger partial charge in [-0.25, -0.2) is 0 Å². The number of anilines is 2. The zero-order valence-electron chi connectivity index (χ0n) is 40.5. The molecule has 2 aromatic carbocycles. The molecular formula is C43H81N5O7Si6. The van der Waals surface area contributed by atoms with Gasteiger partial charge in [0.25, 0.3) is 0 Å². The highest BCUT2D eigenvalue weighted by molar-refractivity contribution is 6.92. The topological polar surface area (TPSA) is 127 Å². The highest BCUT2D eigenvalue weighted by atomic mass is 28.4. The van der Waals surface area contributed by atoms with Gasteiger partial charge in [0.1, 0.15) is 0 Å². The van der Waals surface area contributed by atoms with Crippen molar-refractivity contribution in [1.82, 2.24) is 15.0 Å². The fourth-order valence-electron chi connectivity index (χ4n) is 8.10. The summed E-state index contributed by atoms with van der Waals surface area (Å²) in [6.07, 6.45) is 4.15. The zero-order valence-corrected chi connectivity index (χ0v) is 46.5. The number of aromatic nitrogens is 3. The van der Waals surface area contributed by atoms with E-state index in [0.29, 0.717) is 24.5 Å². The van der Waals surface area contributed by atoms with Crippen LogP contribution in [0, 0.1) is 0 Å². The summed E-state index contributed by atoms with van der Waals surface area (Å²) in [5.41, 5.74) is 0. The molecule has 0 saturated carbocycles. The average molecular weight is 949 g/mol. The molecule has 0 aliphatic carbocycles. The van der Waals surface area contributed by atoms with Gasteiger partial charge < -0.3 is 41.9 Å². The summed E-state index contributed by atoms with van der Waals surface area (Å²) in [6, 6.07) is 25.9. The van der Waals surface area contributed by atoms with Crippen LogP contribution in [0.5, 0.6) is 6.01 Å². The second kappa shape index (κ2) is 24.3. The van der Waals surface area contributed by atoms with Crippen LogP contribution in [0.3, 0.4) is 0 Å². The van der Waals surface area contributed by atoms with Crippen molar-refractivity contribution >= 4 is 82.5 Å². The van der Waals surface area contributed by atoms with Gasteiger partial charge in [-0.1, -0.05) is 159 Å². The Labute approximate surface area is 375 Å².